The molecule has 1 amide bonds. The number of H-pyrrole nitrogens is 1. The lowest BCUT2D eigenvalue weighted by atomic mass is 9.81. The summed E-state index contributed by atoms with van der Waals surface area (Å²) in [4.78, 5) is 53.2. The Morgan fingerprint density at radius 1 is 1.06 bits per heavy atom. The molecule has 0 bridgehead atoms. The zero-order valence-corrected chi connectivity index (χ0v) is 18.6. The van der Waals surface area contributed by atoms with Crippen molar-refractivity contribution in [3.8, 4) is 0 Å². The minimum absolute atomic E-state index is 0.172. The van der Waals surface area contributed by atoms with E-state index in [1.165, 1.54) is 18.6 Å². The molecule has 9 nitrogen and oxygen atoms in total. The van der Waals surface area contributed by atoms with Crippen molar-refractivity contribution in [2.24, 2.45) is 0 Å². The lowest BCUT2D eigenvalue weighted by Gasteiger charge is -2.29. The highest BCUT2D eigenvalue weighted by Crippen LogP contribution is 2.47. The average molecular weight is 458 g/mol. The van der Waals surface area contributed by atoms with Gasteiger partial charge in [0, 0.05) is 42.3 Å². The monoisotopic (exact) mass is 458 g/mol. The van der Waals surface area contributed by atoms with Gasteiger partial charge in [-0.3, -0.25) is 23.9 Å². The summed E-state index contributed by atoms with van der Waals surface area (Å²) in [5.74, 6) is -0.751. The van der Waals surface area contributed by atoms with E-state index in [1.807, 2.05) is 12.1 Å². The third-order valence-electron chi connectivity index (χ3n) is 6.09. The van der Waals surface area contributed by atoms with Crippen molar-refractivity contribution in [2.75, 3.05) is 24.4 Å². The number of rotatable bonds is 5. The summed E-state index contributed by atoms with van der Waals surface area (Å²) >= 11 is 0. The second kappa shape index (κ2) is 8.27. The van der Waals surface area contributed by atoms with Gasteiger partial charge < -0.3 is 15.4 Å². The SMILES string of the molecule is COCCn1c2c(c(=O)[nH]c1=O)[C@H](c1ccc(NC(C)=O)cc1)C1=C(N2)c2ccccc2C1=O. The number of aromatic nitrogens is 2. The van der Waals surface area contributed by atoms with E-state index in [0.29, 0.717) is 33.9 Å². The van der Waals surface area contributed by atoms with Crippen LogP contribution >= 0.6 is 0 Å². The number of fused-ring (bicyclic) bond motifs is 3. The normalized spacial score (nSPS) is 15.9. The van der Waals surface area contributed by atoms with Gasteiger partial charge in [-0.1, -0.05) is 36.4 Å². The molecule has 0 saturated carbocycles. The Morgan fingerprint density at radius 3 is 2.44 bits per heavy atom. The summed E-state index contributed by atoms with van der Waals surface area (Å²) in [5.41, 5.74) is 2.73. The number of ketones is 1. The average Bonchev–Trinajstić information content (AvgIpc) is 3.10. The molecule has 2 aromatic carbocycles. The number of amides is 1. The first-order chi connectivity index (χ1) is 16.4. The first-order valence-electron chi connectivity index (χ1n) is 10.8. The molecule has 5 rings (SSSR count). The van der Waals surface area contributed by atoms with Crippen LogP contribution in [0.2, 0.25) is 0 Å². The van der Waals surface area contributed by atoms with Crippen LogP contribution in [0.25, 0.3) is 5.70 Å². The zero-order chi connectivity index (χ0) is 24.0. The molecule has 2 aliphatic rings. The number of hydrogen-bond acceptors (Lipinski definition) is 6. The minimum atomic E-state index is -0.712. The fourth-order valence-electron chi connectivity index (χ4n) is 4.66. The molecule has 0 saturated heterocycles. The van der Waals surface area contributed by atoms with Crippen LogP contribution in [0.3, 0.4) is 0 Å². The summed E-state index contributed by atoms with van der Waals surface area (Å²) in [6.45, 7) is 1.90. The van der Waals surface area contributed by atoms with Crippen LogP contribution in [0.4, 0.5) is 11.5 Å². The van der Waals surface area contributed by atoms with E-state index in [2.05, 4.69) is 15.6 Å². The van der Waals surface area contributed by atoms with Gasteiger partial charge in [-0.05, 0) is 17.7 Å². The summed E-state index contributed by atoms with van der Waals surface area (Å²) in [5, 5.41) is 5.95. The number of ether oxygens (including phenoxy) is 1. The smallest absolute Gasteiger partial charge is 0.330 e. The largest absolute Gasteiger partial charge is 0.383 e. The van der Waals surface area contributed by atoms with E-state index in [-0.39, 0.29) is 30.4 Å². The maximum atomic E-state index is 13.5. The molecule has 1 aromatic heterocycles. The Balaban J connectivity index is 1.75. The first kappa shape index (κ1) is 21.6. The molecule has 172 valence electrons. The second-order valence-electron chi connectivity index (χ2n) is 8.19. The third kappa shape index (κ3) is 3.37. The molecule has 1 atom stereocenters. The number of carbonyl (C=O) groups is 2. The maximum Gasteiger partial charge on any atom is 0.330 e. The fraction of sp³-hybridized carbons (Fsp3) is 0.200. The van der Waals surface area contributed by atoms with Crippen molar-refractivity contribution in [2.45, 2.75) is 19.4 Å². The van der Waals surface area contributed by atoms with Crippen molar-refractivity contribution in [3.05, 3.63) is 97.2 Å². The Labute approximate surface area is 194 Å². The van der Waals surface area contributed by atoms with Crippen molar-refractivity contribution >= 4 is 28.9 Å². The number of Topliss-reactive ketones (excluding diaryl/α,β-unsaturated/α-hetero) is 1. The van der Waals surface area contributed by atoms with Gasteiger partial charge in [0.15, 0.2) is 5.78 Å². The maximum absolute atomic E-state index is 13.5. The lowest BCUT2D eigenvalue weighted by Crippen LogP contribution is -2.38. The van der Waals surface area contributed by atoms with Crippen LogP contribution in [0.5, 0.6) is 0 Å². The van der Waals surface area contributed by atoms with Gasteiger partial charge in [0.2, 0.25) is 5.91 Å². The summed E-state index contributed by atoms with van der Waals surface area (Å²) in [7, 11) is 1.53. The Bertz CT molecular complexity index is 1480. The van der Waals surface area contributed by atoms with E-state index < -0.39 is 17.2 Å². The molecule has 1 aliphatic heterocycles. The number of hydrogen-bond donors (Lipinski definition) is 3. The second-order valence-corrected chi connectivity index (χ2v) is 8.19. The minimum Gasteiger partial charge on any atom is -0.383 e. The van der Waals surface area contributed by atoms with Crippen molar-refractivity contribution in [1.82, 2.24) is 9.55 Å². The topological polar surface area (TPSA) is 122 Å². The standard InChI is InChI=1S/C25H22N4O5/c1-13(30)26-15-9-7-14(8-10-15)18-19-21(16-5-3-4-6-17(16)22(19)31)27-23-20(18)24(32)28-25(33)29(23)11-12-34-2/h3-10,18,27H,11-12H2,1-2H3,(H,26,30)(H,28,32,33)/t18-/m1/s1. The molecule has 0 unspecified atom stereocenters. The Kier molecular flexibility index (Phi) is 5.25. The van der Waals surface area contributed by atoms with Crippen molar-refractivity contribution < 1.29 is 14.3 Å². The van der Waals surface area contributed by atoms with Crippen LogP contribution in [0, 0.1) is 0 Å². The number of nitrogens with zero attached hydrogens (tertiary/aromatic N) is 1. The quantitative estimate of drug-likeness (QED) is 0.539. The van der Waals surface area contributed by atoms with E-state index in [9.17, 15) is 19.2 Å². The molecular weight excluding hydrogens is 436 g/mol. The number of carbonyl (C=O) groups excluding carboxylic acids is 2. The number of benzene rings is 2. The molecule has 3 N–H and O–H groups in total. The summed E-state index contributed by atoms with van der Waals surface area (Å²) < 4.78 is 6.58. The highest BCUT2D eigenvalue weighted by Gasteiger charge is 2.42. The van der Waals surface area contributed by atoms with Crippen LogP contribution in [-0.4, -0.2) is 35.0 Å². The molecule has 0 spiro atoms. The first-order valence-corrected chi connectivity index (χ1v) is 10.8. The zero-order valence-electron chi connectivity index (χ0n) is 18.6. The number of anilines is 2. The molecule has 0 radical (unpaired) electrons. The Hall–Kier alpha value is -4.24. The molecule has 2 heterocycles. The van der Waals surface area contributed by atoms with E-state index >= 15 is 0 Å². The van der Waals surface area contributed by atoms with Crippen LogP contribution in [0.15, 0.2) is 63.7 Å². The van der Waals surface area contributed by atoms with E-state index in [1.54, 1.807) is 36.4 Å². The molecule has 0 fully saturated rings. The molecule has 9 heteroatoms. The number of methoxy groups -OCH3 is 1. The van der Waals surface area contributed by atoms with Gasteiger partial charge >= 0.3 is 5.69 Å². The molecular formula is C25H22N4O5. The molecule has 1 aliphatic carbocycles. The van der Waals surface area contributed by atoms with Gasteiger partial charge in [-0.15, -0.1) is 0 Å². The fourth-order valence-corrected chi connectivity index (χ4v) is 4.66. The van der Waals surface area contributed by atoms with Crippen molar-refractivity contribution in [3.63, 3.8) is 0 Å². The predicted octanol–water partition coefficient (Wildman–Crippen LogP) is 2.31. The van der Waals surface area contributed by atoms with Gasteiger partial charge in [0.1, 0.15) is 5.82 Å². The van der Waals surface area contributed by atoms with Gasteiger partial charge in [-0.25, -0.2) is 4.79 Å². The highest BCUT2D eigenvalue weighted by molar-refractivity contribution is 6.23. The molecule has 34 heavy (non-hydrogen) atoms. The van der Waals surface area contributed by atoms with Crippen LogP contribution in [-0.2, 0) is 16.1 Å². The summed E-state index contributed by atoms with van der Waals surface area (Å²) in [6.07, 6.45) is 0. The number of allylic oxidation sites excluding steroid dienone is 1. The van der Waals surface area contributed by atoms with Gasteiger partial charge in [0.25, 0.3) is 5.56 Å². The van der Waals surface area contributed by atoms with Gasteiger partial charge in [-0.2, -0.15) is 0 Å². The Morgan fingerprint density at radius 2 is 1.76 bits per heavy atom. The molecule has 3 aromatic rings. The predicted molar refractivity (Wildman–Crippen MR) is 127 cm³/mol. The van der Waals surface area contributed by atoms with Gasteiger partial charge in [0.05, 0.1) is 24.4 Å². The number of aromatic amines is 1. The van der Waals surface area contributed by atoms with Crippen molar-refractivity contribution in [1.29, 1.82) is 0 Å². The van der Waals surface area contributed by atoms with Crippen LogP contribution in [0.1, 0.15) is 39.9 Å². The van der Waals surface area contributed by atoms with E-state index in [4.69, 9.17) is 4.74 Å². The van der Waals surface area contributed by atoms with Crippen LogP contribution < -0.4 is 21.9 Å². The third-order valence-corrected chi connectivity index (χ3v) is 6.09. The summed E-state index contributed by atoms with van der Waals surface area (Å²) in [6, 6.07) is 14.2. The van der Waals surface area contributed by atoms with E-state index in [0.717, 1.165) is 5.56 Å². The number of nitrogens with one attached hydrogen (secondary N) is 3. The highest BCUT2D eigenvalue weighted by atomic mass is 16.5. The lowest BCUT2D eigenvalue weighted by molar-refractivity contribution is -0.114.